The molecule has 1 heteroatoms. The van der Waals surface area contributed by atoms with E-state index in [-0.39, 0.29) is 0 Å². The Balaban J connectivity index is 2.82. The first kappa shape index (κ1) is 17.8. The molecule has 0 bridgehead atoms. The maximum absolute atomic E-state index is 10.6. The summed E-state index contributed by atoms with van der Waals surface area (Å²) in [5.41, 5.74) is 6.48. The summed E-state index contributed by atoms with van der Waals surface area (Å²) in [7, 11) is 0. The average molecular weight is 318 g/mol. The van der Waals surface area contributed by atoms with Gasteiger partial charge in [0.15, 0.2) is 0 Å². The second-order valence-corrected chi connectivity index (χ2v) is 6.41. The number of benzene rings is 1. The minimum Gasteiger partial charge on any atom is -0.508 e. The van der Waals surface area contributed by atoms with Crippen molar-refractivity contribution in [3.05, 3.63) is 101 Å². The van der Waals surface area contributed by atoms with Gasteiger partial charge >= 0.3 is 0 Å². The second kappa shape index (κ2) is 6.92. The van der Waals surface area contributed by atoms with Crippen molar-refractivity contribution >= 4 is 0 Å². The molecule has 1 aliphatic rings. The zero-order valence-corrected chi connectivity index (χ0v) is 15.1. The molecule has 0 heterocycles. The smallest absolute Gasteiger partial charge is 0.120 e. The summed E-state index contributed by atoms with van der Waals surface area (Å²) < 4.78 is 0. The first-order valence-electron chi connectivity index (χ1n) is 8.19. The number of rotatable bonds is 5. The first-order chi connectivity index (χ1) is 11.4. The van der Waals surface area contributed by atoms with Crippen molar-refractivity contribution in [3.8, 4) is 5.75 Å². The molecule has 2 rings (SSSR count). The van der Waals surface area contributed by atoms with Gasteiger partial charge in [-0.3, -0.25) is 0 Å². The molecule has 0 saturated carbocycles. The van der Waals surface area contributed by atoms with Crippen LogP contribution in [0.1, 0.15) is 31.9 Å². The van der Waals surface area contributed by atoms with Gasteiger partial charge in [-0.15, -0.1) is 0 Å². The predicted octanol–water partition coefficient (Wildman–Crippen LogP) is 6.09. The monoisotopic (exact) mass is 318 g/mol. The third kappa shape index (κ3) is 2.82. The zero-order chi connectivity index (χ0) is 17.9. The lowest BCUT2D eigenvalue weighted by Gasteiger charge is -2.31. The molecule has 1 nitrogen and oxygen atoms in total. The van der Waals surface area contributed by atoms with Crippen LogP contribution in [0.5, 0.6) is 5.75 Å². The van der Waals surface area contributed by atoms with Crippen molar-refractivity contribution in [3.63, 3.8) is 0 Å². The molecule has 1 aromatic carbocycles. The molecule has 0 amide bonds. The normalized spacial score (nSPS) is 17.3. The molecule has 124 valence electrons. The molecule has 0 spiro atoms. The highest BCUT2D eigenvalue weighted by Crippen LogP contribution is 2.52. The number of aromatic hydroxyl groups is 1. The van der Waals surface area contributed by atoms with Crippen LogP contribution in [0.25, 0.3) is 0 Å². The van der Waals surface area contributed by atoms with Gasteiger partial charge in [-0.1, -0.05) is 67.3 Å². The van der Waals surface area contributed by atoms with E-state index in [4.69, 9.17) is 0 Å². The molecule has 0 unspecified atom stereocenters. The molecule has 1 aromatic rings. The third-order valence-corrected chi connectivity index (χ3v) is 4.94. The molecule has 0 aromatic heterocycles. The van der Waals surface area contributed by atoms with Crippen molar-refractivity contribution in [2.24, 2.45) is 0 Å². The number of phenols is 1. The summed E-state index contributed by atoms with van der Waals surface area (Å²) in [6, 6.07) is 5.79. The molecule has 0 fully saturated rings. The van der Waals surface area contributed by atoms with Gasteiger partial charge in [0.25, 0.3) is 0 Å². The summed E-state index contributed by atoms with van der Waals surface area (Å²) in [4.78, 5) is 0. The van der Waals surface area contributed by atoms with Gasteiger partial charge in [0, 0.05) is 11.0 Å². The van der Waals surface area contributed by atoms with Crippen LogP contribution in [0.15, 0.2) is 90.1 Å². The van der Waals surface area contributed by atoms with Crippen LogP contribution in [0.2, 0.25) is 0 Å². The fourth-order valence-electron chi connectivity index (χ4n) is 3.55. The number of hydrogen-bond acceptors (Lipinski definition) is 1. The lowest BCUT2D eigenvalue weighted by Crippen LogP contribution is -2.24. The van der Waals surface area contributed by atoms with Gasteiger partial charge in [-0.2, -0.15) is 0 Å². The van der Waals surface area contributed by atoms with E-state index in [1.54, 1.807) is 18.2 Å². The maximum atomic E-state index is 10.6. The quantitative estimate of drug-likeness (QED) is 0.651. The van der Waals surface area contributed by atoms with Gasteiger partial charge in [0.05, 0.1) is 0 Å². The molecule has 0 aliphatic heterocycles. The molecule has 24 heavy (non-hydrogen) atoms. The number of hydrogen-bond donors (Lipinski definition) is 1. The summed E-state index contributed by atoms with van der Waals surface area (Å²) in [6.45, 7) is 16.1. The van der Waals surface area contributed by atoms with Gasteiger partial charge < -0.3 is 5.11 Å². The number of phenolic OH excluding ortho intramolecular Hbond substituents is 1. The molecule has 1 aliphatic carbocycles. The summed E-state index contributed by atoms with van der Waals surface area (Å²) in [5, 5.41) is 10.6. The minimum absolute atomic E-state index is 0.319. The Morgan fingerprint density at radius 3 is 1.88 bits per heavy atom. The van der Waals surface area contributed by atoms with Crippen molar-refractivity contribution in [2.45, 2.75) is 33.1 Å². The Bertz CT molecular complexity index is 757. The Hall–Kier alpha value is -2.54. The minimum atomic E-state index is -0.413. The van der Waals surface area contributed by atoms with Crippen LogP contribution in [0.3, 0.4) is 0 Å². The molecule has 0 radical (unpaired) electrons. The van der Waals surface area contributed by atoms with E-state index in [1.807, 2.05) is 25.1 Å². The summed E-state index contributed by atoms with van der Waals surface area (Å²) in [5.74, 6) is 0.319. The largest absolute Gasteiger partial charge is 0.508 e. The number of aryl methyl sites for hydroxylation is 1. The van der Waals surface area contributed by atoms with Crippen LogP contribution >= 0.6 is 0 Å². The van der Waals surface area contributed by atoms with Crippen LogP contribution in [-0.4, -0.2) is 5.11 Å². The average Bonchev–Trinajstić information content (AvgIpc) is 2.74. The van der Waals surface area contributed by atoms with E-state index in [0.717, 1.165) is 11.1 Å². The first-order valence-corrected chi connectivity index (χ1v) is 8.19. The topological polar surface area (TPSA) is 20.2 Å². The van der Waals surface area contributed by atoms with E-state index in [1.165, 1.54) is 22.3 Å². The van der Waals surface area contributed by atoms with E-state index < -0.39 is 5.41 Å². The molecular formula is C23H26O. The van der Waals surface area contributed by atoms with Crippen molar-refractivity contribution in [2.75, 3.05) is 0 Å². The van der Waals surface area contributed by atoms with E-state index >= 15 is 0 Å². The Morgan fingerprint density at radius 2 is 1.42 bits per heavy atom. The van der Waals surface area contributed by atoms with Crippen LogP contribution in [0, 0.1) is 6.92 Å². The Kier molecular flexibility index (Phi) is 5.14. The van der Waals surface area contributed by atoms with Crippen LogP contribution < -0.4 is 0 Å². The van der Waals surface area contributed by atoms with Crippen molar-refractivity contribution < 1.29 is 5.11 Å². The lowest BCUT2D eigenvalue weighted by atomic mass is 9.71. The molecule has 0 saturated heterocycles. The third-order valence-electron chi connectivity index (χ3n) is 4.94. The Labute approximate surface area is 145 Å². The van der Waals surface area contributed by atoms with Gasteiger partial charge in [-0.25, -0.2) is 0 Å². The van der Waals surface area contributed by atoms with E-state index in [2.05, 4.69) is 52.1 Å². The van der Waals surface area contributed by atoms with Gasteiger partial charge in [0.2, 0.25) is 0 Å². The predicted molar refractivity (Wildman–Crippen MR) is 104 cm³/mol. The molecule has 0 atom stereocenters. The standard InChI is InChI=1S/C23H26O/c1-7-9-11-19-17(4)18(5)20(12-10-8-2)23(19,6)21-15-16(3)13-14-22(21)24/h7-15,24H,1-2H2,3-6H3/b11-9-,12-10-. The lowest BCUT2D eigenvalue weighted by molar-refractivity contribution is 0.457. The maximum Gasteiger partial charge on any atom is 0.120 e. The van der Waals surface area contributed by atoms with Gasteiger partial charge in [-0.05, 0) is 56.1 Å². The fourth-order valence-corrected chi connectivity index (χ4v) is 3.55. The summed E-state index contributed by atoms with van der Waals surface area (Å²) in [6.07, 6.45) is 11.7. The molecular weight excluding hydrogens is 292 g/mol. The summed E-state index contributed by atoms with van der Waals surface area (Å²) >= 11 is 0. The number of allylic oxidation sites excluding steroid dienone is 10. The fraction of sp³-hybridized carbons (Fsp3) is 0.217. The van der Waals surface area contributed by atoms with E-state index in [9.17, 15) is 5.11 Å². The van der Waals surface area contributed by atoms with Crippen LogP contribution in [-0.2, 0) is 5.41 Å². The highest BCUT2D eigenvalue weighted by atomic mass is 16.3. The van der Waals surface area contributed by atoms with Gasteiger partial charge in [0.1, 0.15) is 5.75 Å². The second-order valence-electron chi connectivity index (χ2n) is 6.41. The van der Waals surface area contributed by atoms with E-state index in [0.29, 0.717) is 5.75 Å². The zero-order valence-electron chi connectivity index (χ0n) is 15.1. The van der Waals surface area contributed by atoms with Crippen molar-refractivity contribution in [1.29, 1.82) is 0 Å². The van der Waals surface area contributed by atoms with Crippen molar-refractivity contribution in [1.82, 2.24) is 0 Å². The molecule has 1 N–H and O–H groups in total. The van der Waals surface area contributed by atoms with Crippen LogP contribution in [0.4, 0.5) is 0 Å². The SMILES string of the molecule is C=C/C=C\C1=C(C)C(C)=C(/C=C\C=C)C1(C)c1cc(C)ccc1O. The Morgan fingerprint density at radius 1 is 0.917 bits per heavy atom. The highest BCUT2D eigenvalue weighted by molar-refractivity contribution is 5.68. The highest BCUT2D eigenvalue weighted by Gasteiger charge is 2.41.